The zero-order valence-corrected chi connectivity index (χ0v) is 12.1. The minimum Gasteiger partial charge on any atom is -0.469 e. The van der Waals surface area contributed by atoms with E-state index in [1.54, 1.807) is 18.2 Å². The van der Waals surface area contributed by atoms with E-state index >= 15 is 0 Å². The van der Waals surface area contributed by atoms with Crippen LogP contribution >= 0.6 is 0 Å². The maximum Gasteiger partial charge on any atom is 0.305 e. The zero-order valence-electron chi connectivity index (χ0n) is 12.1. The maximum atomic E-state index is 11.9. The van der Waals surface area contributed by atoms with Crippen molar-refractivity contribution in [2.45, 2.75) is 25.7 Å². The molecule has 21 heavy (non-hydrogen) atoms. The van der Waals surface area contributed by atoms with Gasteiger partial charge < -0.3 is 15.8 Å². The number of carbonyl (C=O) groups is 3. The molecule has 0 aromatic heterocycles. The lowest BCUT2D eigenvalue weighted by Gasteiger charge is -2.06. The van der Waals surface area contributed by atoms with Gasteiger partial charge in [0.25, 0.3) is 5.91 Å². The number of amides is 2. The predicted molar refractivity (Wildman–Crippen MR) is 77.8 cm³/mol. The Bertz CT molecular complexity index is 514. The number of hydrogen-bond acceptors (Lipinski definition) is 4. The lowest BCUT2D eigenvalue weighted by atomic mass is 10.1. The molecule has 0 fully saturated rings. The second-order valence-electron chi connectivity index (χ2n) is 4.59. The Morgan fingerprint density at radius 1 is 1.14 bits per heavy atom. The molecule has 0 aliphatic carbocycles. The second-order valence-corrected chi connectivity index (χ2v) is 4.59. The van der Waals surface area contributed by atoms with Crippen LogP contribution in [0, 0.1) is 0 Å². The molecule has 0 saturated carbocycles. The summed E-state index contributed by atoms with van der Waals surface area (Å²) in [6.07, 6.45) is 2.74. The van der Waals surface area contributed by atoms with Gasteiger partial charge in [0.15, 0.2) is 0 Å². The Kier molecular flexibility index (Phi) is 6.94. The predicted octanol–water partition coefficient (Wildman–Crippen LogP) is 1.25. The number of unbranched alkanes of at least 4 members (excludes halogenated alkanes) is 2. The van der Waals surface area contributed by atoms with E-state index in [9.17, 15) is 14.4 Å². The first-order chi connectivity index (χ1) is 10.0. The van der Waals surface area contributed by atoms with Crippen LogP contribution in [0.4, 0.5) is 0 Å². The normalized spacial score (nSPS) is 9.95. The third-order valence-corrected chi connectivity index (χ3v) is 2.98. The van der Waals surface area contributed by atoms with Crippen LogP contribution in [0.5, 0.6) is 0 Å². The summed E-state index contributed by atoms with van der Waals surface area (Å²) in [5.74, 6) is -1.03. The van der Waals surface area contributed by atoms with E-state index in [2.05, 4.69) is 10.1 Å². The van der Waals surface area contributed by atoms with Crippen LogP contribution in [-0.4, -0.2) is 31.4 Å². The van der Waals surface area contributed by atoms with E-state index < -0.39 is 5.91 Å². The van der Waals surface area contributed by atoms with E-state index in [4.69, 9.17) is 5.73 Å². The van der Waals surface area contributed by atoms with Crippen molar-refractivity contribution in [1.82, 2.24) is 5.32 Å². The van der Waals surface area contributed by atoms with Gasteiger partial charge in [0.2, 0.25) is 5.91 Å². The molecule has 114 valence electrons. The van der Waals surface area contributed by atoms with Crippen LogP contribution in [0.3, 0.4) is 0 Å². The first-order valence-electron chi connectivity index (χ1n) is 6.79. The molecular formula is C15H20N2O4. The van der Waals surface area contributed by atoms with Crippen molar-refractivity contribution in [3.63, 3.8) is 0 Å². The topological polar surface area (TPSA) is 98.5 Å². The van der Waals surface area contributed by atoms with Gasteiger partial charge in [0.05, 0.1) is 7.11 Å². The number of primary amides is 1. The molecule has 6 heteroatoms. The summed E-state index contributed by atoms with van der Waals surface area (Å²) < 4.78 is 4.54. The molecule has 0 aliphatic heterocycles. The summed E-state index contributed by atoms with van der Waals surface area (Å²) in [5.41, 5.74) is 5.88. The van der Waals surface area contributed by atoms with Gasteiger partial charge in [-0.25, -0.2) is 0 Å². The molecule has 1 aromatic rings. The Hall–Kier alpha value is -2.37. The number of ether oxygens (including phenoxy) is 1. The molecule has 1 rings (SSSR count). The average Bonchev–Trinajstić information content (AvgIpc) is 2.50. The zero-order chi connectivity index (χ0) is 15.7. The van der Waals surface area contributed by atoms with E-state index in [0.717, 1.165) is 19.3 Å². The van der Waals surface area contributed by atoms with Gasteiger partial charge in [-0.1, -0.05) is 12.5 Å². The van der Waals surface area contributed by atoms with Gasteiger partial charge in [-0.3, -0.25) is 14.4 Å². The number of rotatable bonds is 8. The molecule has 1 aromatic carbocycles. The van der Waals surface area contributed by atoms with Crippen LogP contribution < -0.4 is 11.1 Å². The van der Waals surface area contributed by atoms with Crippen LogP contribution in [0.1, 0.15) is 46.4 Å². The van der Waals surface area contributed by atoms with Gasteiger partial charge in [0.1, 0.15) is 0 Å². The highest BCUT2D eigenvalue weighted by molar-refractivity contribution is 5.99. The number of benzene rings is 1. The SMILES string of the molecule is COC(=O)CCCCCNC(=O)c1cccc(C(N)=O)c1. The highest BCUT2D eigenvalue weighted by Crippen LogP contribution is 2.05. The molecule has 0 radical (unpaired) electrons. The van der Waals surface area contributed by atoms with Crippen molar-refractivity contribution in [1.29, 1.82) is 0 Å². The molecule has 3 N–H and O–H groups in total. The summed E-state index contributed by atoms with van der Waals surface area (Å²) in [5, 5.41) is 2.76. The molecule has 0 heterocycles. The minimum atomic E-state index is -0.563. The Morgan fingerprint density at radius 2 is 1.86 bits per heavy atom. The molecule has 6 nitrogen and oxygen atoms in total. The molecule has 2 amide bonds. The van der Waals surface area contributed by atoms with Crippen molar-refractivity contribution in [2.24, 2.45) is 5.73 Å². The lowest BCUT2D eigenvalue weighted by molar-refractivity contribution is -0.140. The molecule has 0 saturated heterocycles. The molecule has 0 unspecified atom stereocenters. The number of esters is 1. The Labute approximate surface area is 123 Å². The van der Waals surface area contributed by atoms with Crippen molar-refractivity contribution in [3.05, 3.63) is 35.4 Å². The summed E-state index contributed by atoms with van der Waals surface area (Å²) in [4.78, 5) is 33.8. The van der Waals surface area contributed by atoms with E-state index in [1.165, 1.54) is 13.2 Å². The third kappa shape index (κ3) is 6.07. The van der Waals surface area contributed by atoms with E-state index in [-0.39, 0.29) is 11.9 Å². The third-order valence-electron chi connectivity index (χ3n) is 2.98. The highest BCUT2D eigenvalue weighted by Gasteiger charge is 2.07. The van der Waals surface area contributed by atoms with Gasteiger partial charge in [-0.15, -0.1) is 0 Å². The fourth-order valence-corrected chi connectivity index (χ4v) is 1.79. The smallest absolute Gasteiger partial charge is 0.305 e. The van der Waals surface area contributed by atoms with Gasteiger partial charge >= 0.3 is 5.97 Å². The molecule has 0 atom stereocenters. The summed E-state index contributed by atoms with van der Waals surface area (Å²) >= 11 is 0. The average molecular weight is 292 g/mol. The minimum absolute atomic E-state index is 0.220. The van der Waals surface area contributed by atoms with Crippen molar-refractivity contribution >= 4 is 17.8 Å². The van der Waals surface area contributed by atoms with Crippen LogP contribution in [0.2, 0.25) is 0 Å². The van der Waals surface area contributed by atoms with Crippen LogP contribution in [-0.2, 0) is 9.53 Å². The fraction of sp³-hybridized carbons (Fsp3) is 0.400. The van der Waals surface area contributed by atoms with Crippen molar-refractivity contribution in [3.8, 4) is 0 Å². The number of nitrogens with one attached hydrogen (secondary N) is 1. The van der Waals surface area contributed by atoms with Gasteiger partial charge in [0, 0.05) is 24.1 Å². The van der Waals surface area contributed by atoms with Crippen LogP contribution in [0.25, 0.3) is 0 Å². The maximum absolute atomic E-state index is 11.9. The number of nitrogens with two attached hydrogens (primary N) is 1. The molecule has 0 bridgehead atoms. The van der Waals surface area contributed by atoms with Gasteiger partial charge in [-0.2, -0.15) is 0 Å². The number of hydrogen-bond donors (Lipinski definition) is 2. The number of carbonyl (C=O) groups excluding carboxylic acids is 3. The van der Waals surface area contributed by atoms with Crippen molar-refractivity contribution in [2.75, 3.05) is 13.7 Å². The molecule has 0 spiro atoms. The fourth-order valence-electron chi connectivity index (χ4n) is 1.79. The van der Waals surface area contributed by atoms with Crippen LogP contribution in [0.15, 0.2) is 24.3 Å². The lowest BCUT2D eigenvalue weighted by Crippen LogP contribution is -2.25. The standard InChI is InChI=1S/C15H20N2O4/c1-21-13(18)8-3-2-4-9-17-15(20)12-7-5-6-11(10-12)14(16)19/h5-7,10H,2-4,8-9H2,1H3,(H2,16,19)(H,17,20). The summed E-state index contributed by atoms with van der Waals surface area (Å²) in [6, 6.07) is 6.27. The first-order valence-corrected chi connectivity index (χ1v) is 6.79. The monoisotopic (exact) mass is 292 g/mol. The van der Waals surface area contributed by atoms with E-state index in [1.807, 2.05) is 0 Å². The Morgan fingerprint density at radius 3 is 2.52 bits per heavy atom. The largest absolute Gasteiger partial charge is 0.469 e. The summed E-state index contributed by atoms with van der Waals surface area (Å²) in [6.45, 7) is 0.515. The number of methoxy groups -OCH3 is 1. The Balaban J connectivity index is 2.29. The van der Waals surface area contributed by atoms with E-state index in [0.29, 0.717) is 24.1 Å². The highest BCUT2D eigenvalue weighted by atomic mass is 16.5. The summed E-state index contributed by atoms with van der Waals surface area (Å²) in [7, 11) is 1.36. The second kappa shape index (κ2) is 8.73. The van der Waals surface area contributed by atoms with Gasteiger partial charge in [-0.05, 0) is 31.0 Å². The quantitative estimate of drug-likeness (QED) is 0.556. The molecule has 0 aliphatic rings. The molecular weight excluding hydrogens is 272 g/mol. The van der Waals surface area contributed by atoms with Crippen molar-refractivity contribution < 1.29 is 19.1 Å². The first kappa shape index (κ1) is 16.7.